The van der Waals surface area contributed by atoms with Crippen LogP contribution in [0.3, 0.4) is 0 Å². The Morgan fingerprint density at radius 2 is 1.87 bits per heavy atom. The first-order valence-corrected chi connectivity index (χ1v) is 12.9. The molecule has 0 unspecified atom stereocenters. The lowest BCUT2D eigenvalue weighted by Crippen LogP contribution is -2.38. The van der Waals surface area contributed by atoms with Gasteiger partial charge in [0.25, 0.3) is 5.71 Å². The van der Waals surface area contributed by atoms with Crippen LogP contribution in [0.25, 0.3) is 22.4 Å². The van der Waals surface area contributed by atoms with Gasteiger partial charge in [-0.25, -0.2) is 9.78 Å². The number of fused-ring (bicyclic) bond motifs is 1. The van der Waals surface area contributed by atoms with Gasteiger partial charge in [-0.1, -0.05) is 42.4 Å². The van der Waals surface area contributed by atoms with Crippen LogP contribution in [-0.4, -0.2) is 66.5 Å². The number of nitrogens with zero attached hydrogens (tertiary/aromatic N) is 5. The van der Waals surface area contributed by atoms with Crippen LogP contribution in [0.15, 0.2) is 53.1 Å². The first-order chi connectivity index (χ1) is 18.6. The fourth-order valence-electron chi connectivity index (χ4n) is 4.67. The second-order valence-corrected chi connectivity index (χ2v) is 9.11. The van der Waals surface area contributed by atoms with Crippen molar-refractivity contribution >= 4 is 28.6 Å². The van der Waals surface area contributed by atoms with E-state index in [0.29, 0.717) is 42.5 Å². The summed E-state index contributed by atoms with van der Waals surface area (Å²) in [5, 5.41) is 8.15. The summed E-state index contributed by atoms with van der Waals surface area (Å²) in [6.07, 6.45) is 2.46. The van der Waals surface area contributed by atoms with Gasteiger partial charge in [-0.05, 0) is 25.0 Å². The molecule has 0 radical (unpaired) electrons. The largest absolute Gasteiger partial charge is 0.497 e. The molecule has 10 heteroatoms. The van der Waals surface area contributed by atoms with Crippen LogP contribution in [0.1, 0.15) is 25.6 Å². The summed E-state index contributed by atoms with van der Waals surface area (Å²) in [5.41, 5.74) is 2.76. The molecule has 0 bridgehead atoms. The molecule has 1 aliphatic rings. The second kappa shape index (κ2) is 11.4. The topological polar surface area (TPSA) is 106 Å². The van der Waals surface area contributed by atoms with Crippen molar-refractivity contribution in [2.45, 2.75) is 26.2 Å². The van der Waals surface area contributed by atoms with E-state index in [4.69, 9.17) is 19.0 Å². The number of aromatic nitrogens is 3. The molecule has 2 amide bonds. The fraction of sp³-hybridized carbons (Fsp3) is 0.357. The standard InChI is InChI=1S/C28H32N6O4/c1-4-9-23-30-26(24-25(32-38-27(24)31-23)19-10-6-5-7-11-19)33-14-8-15-34(17-16-33)28(35)29-21-13-12-20(36-2)18-22(21)37-3/h5-7,10-13,18H,4,8-9,14-17H2,1-3H3,(H,29,35). The van der Waals surface area contributed by atoms with Gasteiger partial charge in [0.05, 0.1) is 19.9 Å². The third-order valence-electron chi connectivity index (χ3n) is 6.62. The number of urea groups is 1. The molecule has 4 aromatic rings. The first kappa shape index (κ1) is 25.3. The lowest BCUT2D eigenvalue weighted by molar-refractivity contribution is 0.215. The molecule has 0 saturated carbocycles. The number of methoxy groups -OCH3 is 2. The molecule has 2 aromatic carbocycles. The van der Waals surface area contributed by atoms with Gasteiger partial charge in [-0.15, -0.1) is 0 Å². The fourth-order valence-corrected chi connectivity index (χ4v) is 4.67. The zero-order valence-electron chi connectivity index (χ0n) is 21.9. The van der Waals surface area contributed by atoms with E-state index >= 15 is 0 Å². The van der Waals surface area contributed by atoms with E-state index in [1.54, 1.807) is 32.4 Å². The van der Waals surface area contributed by atoms with E-state index in [-0.39, 0.29) is 6.03 Å². The SMILES string of the molecule is CCCc1nc(N2CCCN(C(=O)Nc3ccc(OC)cc3OC)CC2)c2c(-c3ccccc3)noc2n1. The van der Waals surface area contributed by atoms with Gasteiger partial charge in [-0.2, -0.15) is 4.98 Å². The van der Waals surface area contributed by atoms with Crippen LogP contribution in [0.5, 0.6) is 11.5 Å². The van der Waals surface area contributed by atoms with Crippen LogP contribution in [0.2, 0.25) is 0 Å². The number of ether oxygens (including phenoxy) is 2. The molecule has 2 aromatic heterocycles. The Bertz CT molecular complexity index is 1410. The lowest BCUT2D eigenvalue weighted by atomic mass is 10.1. The third kappa shape index (κ3) is 5.20. The zero-order valence-corrected chi connectivity index (χ0v) is 21.9. The summed E-state index contributed by atoms with van der Waals surface area (Å²) in [7, 11) is 3.16. The van der Waals surface area contributed by atoms with Gasteiger partial charge in [0.15, 0.2) is 0 Å². The lowest BCUT2D eigenvalue weighted by Gasteiger charge is -2.24. The van der Waals surface area contributed by atoms with Gasteiger partial charge in [0, 0.05) is 44.2 Å². The molecule has 5 rings (SSSR count). The van der Waals surface area contributed by atoms with Crippen molar-refractivity contribution in [3.05, 3.63) is 54.4 Å². The summed E-state index contributed by atoms with van der Waals surface area (Å²) in [6.45, 7) is 4.61. The Morgan fingerprint density at radius 3 is 2.63 bits per heavy atom. The number of carbonyl (C=O) groups excluding carboxylic acids is 1. The molecular formula is C28H32N6O4. The number of anilines is 2. The quantitative estimate of drug-likeness (QED) is 0.366. The molecule has 198 valence electrons. The predicted molar refractivity (Wildman–Crippen MR) is 146 cm³/mol. The van der Waals surface area contributed by atoms with Crippen molar-refractivity contribution in [1.29, 1.82) is 0 Å². The Morgan fingerprint density at radius 1 is 1.03 bits per heavy atom. The average Bonchev–Trinajstić information content (AvgIpc) is 3.22. The minimum Gasteiger partial charge on any atom is -0.497 e. The Balaban J connectivity index is 1.39. The van der Waals surface area contributed by atoms with E-state index in [9.17, 15) is 4.79 Å². The zero-order chi connectivity index (χ0) is 26.5. The smallest absolute Gasteiger partial charge is 0.322 e. The van der Waals surface area contributed by atoms with Crippen molar-refractivity contribution in [2.24, 2.45) is 0 Å². The van der Waals surface area contributed by atoms with Gasteiger partial charge in [0.2, 0.25) is 0 Å². The number of hydrogen-bond donors (Lipinski definition) is 1. The second-order valence-electron chi connectivity index (χ2n) is 9.11. The molecule has 1 aliphatic heterocycles. The number of rotatable bonds is 7. The number of hydrogen-bond acceptors (Lipinski definition) is 8. The van der Waals surface area contributed by atoms with Crippen LogP contribution in [0, 0.1) is 0 Å². The molecule has 0 spiro atoms. The van der Waals surface area contributed by atoms with E-state index in [2.05, 4.69) is 27.3 Å². The highest BCUT2D eigenvalue weighted by molar-refractivity contribution is 5.98. The number of benzene rings is 2. The monoisotopic (exact) mass is 516 g/mol. The predicted octanol–water partition coefficient (Wildman–Crippen LogP) is 5.00. The maximum Gasteiger partial charge on any atom is 0.322 e. The highest BCUT2D eigenvalue weighted by Gasteiger charge is 2.26. The van der Waals surface area contributed by atoms with Gasteiger partial charge < -0.3 is 29.1 Å². The van der Waals surface area contributed by atoms with Gasteiger partial charge >= 0.3 is 6.03 Å². The average molecular weight is 517 g/mol. The Labute approximate surface area is 221 Å². The maximum absolute atomic E-state index is 13.2. The maximum atomic E-state index is 13.2. The van der Waals surface area contributed by atoms with Crippen LogP contribution >= 0.6 is 0 Å². The molecular weight excluding hydrogens is 484 g/mol. The summed E-state index contributed by atoms with van der Waals surface area (Å²) in [4.78, 5) is 26.8. The number of amides is 2. The van der Waals surface area contributed by atoms with Gasteiger partial charge in [0.1, 0.15) is 34.2 Å². The van der Waals surface area contributed by atoms with E-state index in [1.807, 2.05) is 35.2 Å². The molecule has 1 saturated heterocycles. The van der Waals surface area contributed by atoms with Crippen molar-refractivity contribution in [3.63, 3.8) is 0 Å². The van der Waals surface area contributed by atoms with E-state index < -0.39 is 0 Å². The van der Waals surface area contributed by atoms with Crippen molar-refractivity contribution in [2.75, 3.05) is 50.6 Å². The van der Waals surface area contributed by atoms with Crippen LogP contribution in [-0.2, 0) is 6.42 Å². The Kier molecular flexibility index (Phi) is 7.57. The number of carbonyl (C=O) groups is 1. The molecule has 0 atom stereocenters. The highest BCUT2D eigenvalue weighted by atomic mass is 16.5. The third-order valence-corrected chi connectivity index (χ3v) is 6.62. The minimum absolute atomic E-state index is 0.176. The van der Waals surface area contributed by atoms with Crippen molar-refractivity contribution in [1.82, 2.24) is 20.0 Å². The molecule has 1 N–H and O–H groups in total. The molecule has 38 heavy (non-hydrogen) atoms. The molecule has 1 fully saturated rings. The van der Waals surface area contributed by atoms with Crippen LogP contribution in [0.4, 0.5) is 16.3 Å². The normalized spacial score (nSPS) is 13.9. The minimum atomic E-state index is -0.176. The molecule has 10 nitrogen and oxygen atoms in total. The van der Waals surface area contributed by atoms with Crippen LogP contribution < -0.4 is 19.7 Å². The van der Waals surface area contributed by atoms with Crippen molar-refractivity contribution in [3.8, 4) is 22.8 Å². The first-order valence-electron chi connectivity index (χ1n) is 12.9. The van der Waals surface area contributed by atoms with E-state index in [1.165, 1.54) is 0 Å². The number of aryl methyl sites for hydroxylation is 1. The Hall–Kier alpha value is -4.34. The molecule has 3 heterocycles. The highest BCUT2D eigenvalue weighted by Crippen LogP contribution is 2.34. The van der Waals surface area contributed by atoms with Gasteiger partial charge in [-0.3, -0.25) is 0 Å². The summed E-state index contributed by atoms with van der Waals surface area (Å²) >= 11 is 0. The summed E-state index contributed by atoms with van der Waals surface area (Å²) in [6, 6.07) is 15.1. The summed E-state index contributed by atoms with van der Waals surface area (Å²) in [5.74, 6) is 2.74. The summed E-state index contributed by atoms with van der Waals surface area (Å²) < 4.78 is 16.4. The van der Waals surface area contributed by atoms with E-state index in [0.717, 1.165) is 54.1 Å². The number of nitrogens with one attached hydrogen (secondary N) is 1. The van der Waals surface area contributed by atoms with Crippen molar-refractivity contribution < 1.29 is 18.8 Å². The molecule has 0 aliphatic carbocycles.